The van der Waals surface area contributed by atoms with Gasteiger partial charge in [-0.25, -0.2) is 4.68 Å². The molecule has 1 unspecified atom stereocenters. The topological polar surface area (TPSA) is 47.4 Å². The van der Waals surface area contributed by atoms with Crippen molar-refractivity contribution in [2.24, 2.45) is 5.41 Å². The zero-order valence-corrected chi connectivity index (χ0v) is 13.4. The second-order valence-corrected chi connectivity index (χ2v) is 6.63. The van der Waals surface area contributed by atoms with E-state index < -0.39 is 0 Å². The fourth-order valence-electron chi connectivity index (χ4n) is 3.23. The van der Waals surface area contributed by atoms with E-state index in [-0.39, 0.29) is 17.1 Å². The van der Waals surface area contributed by atoms with Crippen LogP contribution in [0.1, 0.15) is 25.7 Å². The van der Waals surface area contributed by atoms with Crippen LogP contribution in [0.5, 0.6) is 0 Å². The molecule has 2 aliphatic rings. The lowest BCUT2D eigenvalue weighted by atomic mass is 9.70. The van der Waals surface area contributed by atoms with Crippen LogP contribution >= 0.6 is 12.6 Å². The summed E-state index contributed by atoms with van der Waals surface area (Å²) in [6.45, 7) is 2.45. The summed E-state index contributed by atoms with van der Waals surface area (Å²) in [7, 11) is 1.74. The summed E-state index contributed by atoms with van der Waals surface area (Å²) in [6, 6.07) is 1.70. The number of hydrogen-bond acceptors (Lipinski definition) is 5. The number of methoxy groups -OCH3 is 1. The molecule has 2 heterocycles. The third kappa shape index (κ3) is 2.97. The molecule has 0 aromatic carbocycles. The maximum Gasteiger partial charge on any atom is 0.268 e. The minimum Gasteiger partial charge on any atom is -0.380 e. The van der Waals surface area contributed by atoms with E-state index in [0.717, 1.165) is 43.8 Å². The minimum atomic E-state index is -0.0126. The van der Waals surface area contributed by atoms with Gasteiger partial charge in [0.15, 0.2) is 0 Å². The Morgan fingerprint density at radius 2 is 2.33 bits per heavy atom. The zero-order chi connectivity index (χ0) is 14.9. The fraction of sp³-hybridized carbons (Fsp3) is 0.733. The van der Waals surface area contributed by atoms with Gasteiger partial charge in [-0.05, 0) is 30.4 Å². The Morgan fingerprint density at radius 1 is 1.52 bits per heavy atom. The lowest BCUT2D eigenvalue weighted by molar-refractivity contribution is 0.121. The largest absolute Gasteiger partial charge is 0.380 e. The molecule has 2 fully saturated rings. The molecule has 1 atom stereocenters. The van der Waals surface area contributed by atoms with Crippen molar-refractivity contribution < 1.29 is 4.74 Å². The van der Waals surface area contributed by atoms with Crippen molar-refractivity contribution in [3.63, 3.8) is 0 Å². The average Bonchev–Trinajstić information content (AvgIpc) is 2.93. The number of rotatable bonds is 5. The Hall–Kier alpha value is -1.01. The Labute approximate surface area is 130 Å². The lowest BCUT2D eigenvalue weighted by Crippen LogP contribution is -2.40. The third-order valence-electron chi connectivity index (χ3n) is 4.93. The SMILES string of the molecule is COC1CCN(c2cnn(CC3(CS)CCC3)c(=O)c2)C1. The normalized spacial score (nSPS) is 24.1. The molecule has 1 aromatic heterocycles. The smallest absolute Gasteiger partial charge is 0.268 e. The number of nitrogens with zero attached hydrogens (tertiary/aromatic N) is 3. The molecule has 3 rings (SSSR count). The van der Waals surface area contributed by atoms with Crippen molar-refractivity contribution in [3.8, 4) is 0 Å². The molecule has 116 valence electrons. The Morgan fingerprint density at radius 3 is 2.86 bits per heavy atom. The predicted molar refractivity (Wildman–Crippen MR) is 86.3 cm³/mol. The van der Waals surface area contributed by atoms with Gasteiger partial charge in [0.1, 0.15) is 0 Å². The molecule has 5 nitrogen and oxygen atoms in total. The van der Waals surface area contributed by atoms with Crippen molar-refractivity contribution in [2.45, 2.75) is 38.3 Å². The molecule has 0 radical (unpaired) electrons. The van der Waals surface area contributed by atoms with Gasteiger partial charge in [0.25, 0.3) is 5.56 Å². The summed E-state index contributed by atoms with van der Waals surface area (Å²) in [6.07, 6.45) is 6.60. The number of ether oxygens (including phenoxy) is 1. The van der Waals surface area contributed by atoms with Gasteiger partial charge in [-0.1, -0.05) is 6.42 Å². The first-order valence-electron chi connectivity index (χ1n) is 7.62. The van der Waals surface area contributed by atoms with Crippen LogP contribution < -0.4 is 10.5 Å². The molecular formula is C15H23N3O2S. The monoisotopic (exact) mass is 309 g/mol. The molecule has 0 bridgehead atoms. The Bertz CT molecular complexity index is 551. The first kappa shape index (κ1) is 14.9. The predicted octanol–water partition coefficient (Wildman–Crippen LogP) is 1.57. The summed E-state index contributed by atoms with van der Waals surface area (Å²) < 4.78 is 6.97. The Balaban J connectivity index is 1.73. The van der Waals surface area contributed by atoms with Crippen LogP contribution in [-0.2, 0) is 11.3 Å². The van der Waals surface area contributed by atoms with E-state index in [0.29, 0.717) is 6.54 Å². The van der Waals surface area contributed by atoms with Gasteiger partial charge in [0.05, 0.1) is 24.5 Å². The van der Waals surface area contributed by atoms with Crippen molar-refractivity contribution in [2.75, 3.05) is 30.9 Å². The summed E-state index contributed by atoms with van der Waals surface area (Å²) in [5, 5.41) is 4.38. The van der Waals surface area contributed by atoms with E-state index in [2.05, 4.69) is 22.6 Å². The van der Waals surface area contributed by atoms with Gasteiger partial charge in [-0.3, -0.25) is 4.79 Å². The van der Waals surface area contributed by atoms with E-state index in [1.54, 1.807) is 17.9 Å². The van der Waals surface area contributed by atoms with Crippen molar-refractivity contribution in [1.82, 2.24) is 9.78 Å². The van der Waals surface area contributed by atoms with Crippen LogP contribution in [0.4, 0.5) is 5.69 Å². The lowest BCUT2D eigenvalue weighted by Gasteiger charge is -2.40. The summed E-state index contributed by atoms with van der Waals surface area (Å²) in [4.78, 5) is 14.5. The average molecular weight is 309 g/mol. The molecule has 0 amide bonds. The Kier molecular flexibility index (Phi) is 4.26. The number of thiol groups is 1. The molecule has 21 heavy (non-hydrogen) atoms. The van der Waals surface area contributed by atoms with E-state index in [1.807, 2.05) is 6.20 Å². The van der Waals surface area contributed by atoms with E-state index >= 15 is 0 Å². The molecule has 0 N–H and O–H groups in total. The first-order valence-corrected chi connectivity index (χ1v) is 8.25. The quantitative estimate of drug-likeness (QED) is 0.839. The highest BCUT2D eigenvalue weighted by Crippen LogP contribution is 2.42. The van der Waals surface area contributed by atoms with Crippen LogP contribution in [0, 0.1) is 5.41 Å². The summed E-state index contributed by atoms with van der Waals surface area (Å²) in [5.74, 6) is 0.824. The third-order valence-corrected chi connectivity index (χ3v) is 5.60. The van der Waals surface area contributed by atoms with Gasteiger partial charge in [-0.15, -0.1) is 0 Å². The van der Waals surface area contributed by atoms with E-state index in [4.69, 9.17) is 4.74 Å². The number of aromatic nitrogens is 2. The van der Waals surface area contributed by atoms with Crippen LogP contribution in [0.25, 0.3) is 0 Å². The molecule has 1 aliphatic carbocycles. The second kappa shape index (κ2) is 6.01. The molecule has 1 saturated heterocycles. The van der Waals surface area contributed by atoms with Gasteiger partial charge < -0.3 is 9.64 Å². The highest BCUT2D eigenvalue weighted by atomic mass is 32.1. The maximum atomic E-state index is 12.3. The van der Waals surface area contributed by atoms with Crippen LogP contribution in [0.3, 0.4) is 0 Å². The fourth-order valence-corrected chi connectivity index (χ4v) is 3.65. The second-order valence-electron chi connectivity index (χ2n) is 6.31. The maximum absolute atomic E-state index is 12.3. The van der Waals surface area contributed by atoms with E-state index in [9.17, 15) is 4.79 Å². The van der Waals surface area contributed by atoms with Gasteiger partial charge in [0.2, 0.25) is 0 Å². The minimum absolute atomic E-state index is 0.0126. The van der Waals surface area contributed by atoms with Crippen molar-refractivity contribution in [1.29, 1.82) is 0 Å². The van der Waals surface area contributed by atoms with E-state index in [1.165, 1.54) is 6.42 Å². The molecule has 6 heteroatoms. The molecule has 1 aromatic rings. The summed E-state index contributed by atoms with van der Waals surface area (Å²) in [5.41, 5.74) is 1.07. The highest BCUT2D eigenvalue weighted by Gasteiger charge is 2.36. The number of anilines is 1. The first-order chi connectivity index (χ1) is 10.2. The van der Waals surface area contributed by atoms with Gasteiger partial charge in [0, 0.05) is 26.3 Å². The zero-order valence-electron chi connectivity index (χ0n) is 12.5. The number of hydrogen-bond donors (Lipinski definition) is 1. The van der Waals surface area contributed by atoms with Gasteiger partial charge in [-0.2, -0.15) is 17.7 Å². The summed E-state index contributed by atoms with van der Waals surface area (Å²) >= 11 is 4.44. The molecule has 1 saturated carbocycles. The molecule has 0 spiro atoms. The van der Waals surface area contributed by atoms with Gasteiger partial charge >= 0.3 is 0 Å². The van der Waals surface area contributed by atoms with Crippen molar-refractivity contribution >= 4 is 18.3 Å². The van der Waals surface area contributed by atoms with Crippen molar-refractivity contribution in [3.05, 3.63) is 22.6 Å². The molecule has 1 aliphatic heterocycles. The van der Waals surface area contributed by atoms with Crippen LogP contribution in [0.2, 0.25) is 0 Å². The highest BCUT2D eigenvalue weighted by molar-refractivity contribution is 7.80. The van der Waals surface area contributed by atoms with Crippen LogP contribution in [0.15, 0.2) is 17.1 Å². The standard InChI is InChI=1S/C15H23N3O2S/c1-20-13-3-6-17(9-13)12-7-14(19)18(16-8-12)10-15(11-21)4-2-5-15/h7-8,13,21H,2-6,9-11H2,1H3. The molecular weight excluding hydrogens is 286 g/mol. The van der Waals surface area contributed by atoms with Crippen LogP contribution in [-0.4, -0.2) is 41.8 Å².